The molecule has 1 fully saturated rings. The molecule has 3 heterocycles. The topological polar surface area (TPSA) is 148 Å². The fourth-order valence-corrected chi connectivity index (χ4v) is 3.33. The van der Waals surface area contributed by atoms with Crippen molar-refractivity contribution < 1.29 is 19.7 Å². The highest BCUT2D eigenvalue weighted by atomic mass is 16.6. The molecule has 4 unspecified atom stereocenters. The number of carbonyl (C=O) groups is 1. The number of nitrogens with one attached hydrogen (secondary N) is 1. The lowest BCUT2D eigenvalue weighted by atomic mass is 10.1. The molecule has 10 nitrogen and oxygen atoms in total. The number of rotatable bonds is 3. The molecule has 0 bridgehead atoms. The highest BCUT2D eigenvalue weighted by Gasteiger charge is 2.47. The minimum atomic E-state index is -1.41. The highest BCUT2D eigenvalue weighted by molar-refractivity contribution is 5.83. The number of nitrogens with two attached hydrogens (primary N) is 1. The Kier molecular flexibility index (Phi) is 5.56. The summed E-state index contributed by atoms with van der Waals surface area (Å²) in [4.78, 5) is 24.9. The molecule has 1 aromatic carbocycles. The van der Waals surface area contributed by atoms with Crippen molar-refractivity contribution in [1.82, 2.24) is 24.8 Å². The normalized spacial score (nSPS) is 22.8. The monoisotopic (exact) mass is 422 g/mol. The molecule has 5 N–H and O–H groups in total. The molecular formula is C21H22N6O4. The van der Waals surface area contributed by atoms with E-state index in [1.807, 2.05) is 31.2 Å². The van der Waals surface area contributed by atoms with E-state index < -0.39 is 30.4 Å². The van der Waals surface area contributed by atoms with Gasteiger partial charge in [-0.3, -0.25) is 9.36 Å². The zero-order chi connectivity index (χ0) is 22.1. The van der Waals surface area contributed by atoms with Gasteiger partial charge in [-0.25, -0.2) is 15.0 Å². The Hall–Kier alpha value is -3.52. The van der Waals surface area contributed by atoms with E-state index in [-0.39, 0.29) is 17.3 Å². The van der Waals surface area contributed by atoms with E-state index in [0.717, 1.165) is 11.1 Å². The van der Waals surface area contributed by atoms with Crippen LogP contribution in [0.1, 0.15) is 30.1 Å². The van der Waals surface area contributed by atoms with E-state index in [9.17, 15) is 15.0 Å². The maximum Gasteiger partial charge on any atom is 0.252 e. The fraction of sp³-hybridized carbons (Fsp3) is 0.333. The van der Waals surface area contributed by atoms with Gasteiger partial charge in [-0.2, -0.15) is 0 Å². The van der Waals surface area contributed by atoms with Gasteiger partial charge in [0.1, 0.15) is 17.7 Å². The SMILES string of the molecule is CCNC(=O)C1OC(n2cnc3c(N)nc(C#Cc4ccc(C)cc4)nc32)C(O)C1O. The summed E-state index contributed by atoms with van der Waals surface area (Å²) in [7, 11) is 0. The number of nitrogens with zero attached hydrogens (tertiary/aromatic N) is 4. The van der Waals surface area contributed by atoms with Gasteiger partial charge in [-0.1, -0.05) is 23.6 Å². The first kappa shape index (κ1) is 20.7. The number of imidazole rings is 1. The number of carbonyl (C=O) groups excluding carboxylic acids is 1. The van der Waals surface area contributed by atoms with Crippen LogP contribution in [-0.2, 0) is 9.53 Å². The van der Waals surface area contributed by atoms with Gasteiger partial charge in [0, 0.05) is 12.1 Å². The number of benzene rings is 1. The number of aliphatic hydroxyl groups is 2. The lowest BCUT2D eigenvalue weighted by Crippen LogP contribution is -2.42. The number of nitrogen functional groups attached to an aromatic ring is 1. The maximum absolute atomic E-state index is 12.1. The van der Waals surface area contributed by atoms with Gasteiger partial charge in [-0.15, -0.1) is 0 Å². The Morgan fingerprint density at radius 3 is 2.68 bits per heavy atom. The molecule has 31 heavy (non-hydrogen) atoms. The Bertz CT molecular complexity index is 1180. The first-order valence-electron chi connectivity index (χ1n) is 9.77. The van der Waals surface area contributed by atoms with Crippen molar-refractivity contribution in [3.8, 4) is 11.8 Å². The molecule has 1 saturated heterocycles. The smallest absolute Gasteiger partial charge is 0.252 e. The molecule has 0 saturated carbocycles. The molecule has 1 aliphatic heterocycles. The van der Waals surface area contributed by atoms with Crippen molar-refractivity contribution in [2.45, 2.75) is 38.4 Å². The van der Waals surface area contributed by atoms with Crippen LogP contribution in [0.15, 0.2) is 30.6 Å². The van der Waals surface area contributed by atoms with E-state index >= 15 is 0 Å². The molecule has 0 aliphatic carbocycles. The van der Waals surface area contributed by atoms with Crippen LogP contribution in [0, 0.1) is 18.8 Å². The number of ether oxygens (including phenoxy) is 1. The van der Waals surface area contributed by atoms with Crippen LogP contribution in [0.4, 0.5) is 5.82 Å². The van der Waals surface area contributed by atoms with E-state index in [2.05, 4.69) is 32.1 Å². The molecule has 2 aromatic heterocycles. The number of aryl methyl sites for hydroxylation is 1. The molecule has 0 radical (unpaired) electrons. The molecule has 1 aliphatic rings. The minimum Gasteiger partial charge on any atom is -0.387 e. The number of hydrogen-bond acceptors (Lipinski definition) is 8. The van der Waals surface area contributed by atoms with Crippen molar-refractivity contribution in [3.63, 3.8) is 0 Å². The number of anilines is 1. The Morgan fingerprint density at radius 1 is 1.23 bits per heavy atom. The summed E-state index contributed by atoms with van der Waals surface area (Å²) in [5.41, 5.74) is 8.51. The number of fused-ring (bicyclic) bond motifs is 1. The Morgan fingerprint density at radius 2 is 1.97 bits per heavy atom. The summed E-state index contributed by atoms with van der Waals surface area (Å²) < 4.78 is 7.06. The van der Waals surface area contributed by atoms with E-state index in [1.54, 1.807) is 6.92 Å². The molecule has 1 amide bonds. The summed E-state index contributed by atoms with van der Waals surface area (Å²) in [6, 6.07) is 7.68. The second-order valence-corrected chi connectivity index (χ2v) is 7.20. The average Bonchev–Trinajstić information content (AvgIpc) is 3.29. The van der Waals surface area contributed by atoms with Gasteiger partial charge in [0.05, 0.1) is 6.33 Å². The molecule has 160 valence electrons. The van der Waals surface area contributed by atoms with Crippen LogP contribution in [0.3, 0.4) is 0 Å². The molecule has 3 aromatic rings. The van der Waals surface area contributed by atoms with Crippen molar-refractivity contribution in [1.29, 1.82) is 0 Å². The average molecular weight is 422 g/mol. The molecule has 4 rings (SSSR count). The third-order valence-corrected chi connectivity index (χ3v) is 4.94. The van der Waals surface area contributed by atoms with Crippen LogP contribution < -0.4 is 11.1 Å². The van der Waals surface area contributed by atoms with Crippen molar-refractivity contribution in [3.05, 3.63) is 47.5 Å². The summed E-state index contributed by atoms with van der Waals surface area (Å²) in [6.07, 6.45) is -3.72. The van der Waals surface area contributed by atoms with Gasteiger partial charge in [0.2, 0.25) is 5.82 Å². The first-order valence-corrected chi connectivity index (χ1v) is 9.77. The molecule has 10 heteroatoms. The van der Waals surface area contributed by atoms with Gasteiger partial charge in [-0.05, 0) is 31.9 Å². The molecular weight excluding hydrogens is 400 g/mol. The Labute approximate surface area is 178 Å². The third-order valence-electron chi connectivity index (χ3n) is 4.94. The van der Waals surface area contributed by atoms with E-state index in [1.165, 1.54) is 10.9 Å². The van der Waals surface area contributed by atoms with Crippen LogP contribution >= 0.6 is 0 Å². The predicted octanol–water partition coefficient (Wildman–Crippen LogP) is -0.128. The zero-order valence-corrected chi connectivity index (χ0v) is 17.0. The third kappa shape index (κ3) is 3.94. The zero-order valence-electron chi connectivity index (χ0n) is 17.0. The van der Waals surface area contributed by atoms with Gasteiger partial charge in [0.15, 0.2) is 23.8 Å². The first-order chi connectivity index (χ1) is 14.9. The quantitative estimate of drug-likeness (QED) is 0.427. The fourth-order valence-electron chi connectivity index (χ4n) is 3.33. The summed E-state index contributed by atoms with van der Waals surface area (Å²) in [6.45, 7) is 4.10. The number of amides is 1. The number of likely N-dealkylation sites (N-methyl/N-ethyl adjacent to an activating group) is 1. The second kappa shape index (κ2) is 8.31. The Balaban J connectivity index is 1.68. The van der Waals surface area contributed by atoms with Gasteiger partial charge >= 0.3 is 0 Å². The number of aliphatic hydroxyl groups excluding tert-OH is 2. The van der Waals surface area contributed by atoms with Crippen LogP contribution in [-0.4, -0.2) is 60.5 Å². The van der Waals surface area contributed by atoms with Gasteiger partial charge in [0.25, 0.3) is 5.91 Å². The maximum atomic E-state index is 12.1. The highest BCUT2D eigenvalue weighted by Crippen LogP contribution is 2.32. The standard InChI is InChI=1S/C21H22N6O4/c1-3-23-20(30)17-15(28)16(29)21(31-17)27-10-24-14-18(22)25-13(26-19(14)27)9-8-12-6-4-11(2)5-7-12/h4-7,10,15-17,21,28-29H,3H2,1-2H3,(H,23,30)(H2,22,25,26). The van der Waals surface area contributed by atoms with Crippen molar-refractivity contribution in [2.24, 2.45) is 0 Å². The summed E-state index contributed by atoms with van der Waals surface area (Å²) in [5, 5.41) is 23.3. The lowest BCUT2D eigenvalue weighted by Gasteiger charge is -2.16. The second-order valence-electron chi connectivity index (χ2n) is 7.20. The van der Waals surface area contributed by atoms with E-state index in [0.29, 0.717) is 12.1 Å². The molecule has 4 atom stereocenters. The predicted molar refractivity (Wildman–Crippen MR) is 112 cm³/mol. The molecule has 0 spiro atoms. The van der Waals surface area contributed by atoms with Gasteiger partial charge < -0.3 is 26.0 Å². The number of aromatic nitrogens is 4. The largest absolute Gasteiger partial charge is 0.387 e. The minimum absolute atomic E-state index is 0.116. The van der Waals surface area contributed by atoms with Crippen molar-refractivity contribution >= 4 is 22.9 Å². The van der Waals surface area contributed by atoms with Crippen LogP contribution in [0.5, 0.6) is 0 Å². The summed E-state index contributed by atoms with van der Waals surface area (Å²) in [5.74, 6) is 5.62. The van der Waals surface area contributed by atoms with Crippen LogP contribution in [0.2, 0.25) is 0 Å². The van der Waals surface area contributed by atoms with Crippen molar-refractivity contribution in [2.75, 3.05) is 12.3 Å². The van der Waals surface area contributed by atoms with E-state index in [4.69, 9.17) is 10.5 Å². The summed E-state index contributed by atoms with van der Waals surface area (Å²) >= 11 is 0. The lowest BCUT2D eigenvalue weighted by molar-refractivity contribution is -0.137. The number of hydrogen-bond donors (Lipinski definition) is 4. The van der Waals surface area contributed by atoms with Crippen LogP contribution in [0.25, 0.3) is 11.2 Å².